The van der Waals surface area contributed by atoms with E-state index in [0.29, 0.717) is 29.9 Å². The molecule has 1 aliphatic rings. The third-order valence-corrected chi connectivity index (χ3v) is 6.04. The molecule has 9 heteroatoms. The van der Waals surface area contributed by atoms with Crippen LogP contribution in [0.4, 0.5) is 0 Å². The Bertz CT molecular complexity index is 731. The maximum absolute atomic E-state index is 12.5. The first-order chi connectivity index (χ1) is 12.7. The largest absolute Gasteiger partial charge is 0.351 e. The molecular weight excluding hydrogens is 370 g/mol. The molecule has 0 aliphatic carbocycles. The van der Waals surface area contributed by atoms with Gasteiger partial charge in [0.2, 0.25) is 11.1 Å². The Balaban J connectivity index is 1.43. The van der Waals surface area contributed by atoms with Crippen LogP contribution in [-0.4, -0.2) is 57.3 Å². The Labute approximate surface area is 161 Å². The normalized spacial score (nSPS) is 17.3. The number of carbonyl (C=O) groups is 2. The van der Waals surface area contributed by atoms with Crippen molar-refractivity contribution >= 4 is 34.9 Å². The number of hydrogen-bond acceptors (Lipinski definition) is 6. The lowest BCUT2D eigenvalue weighted by Crippen LogP contribution is -2.44. The summed E-state index contributed by atoms with van der Waals surface area (Å²) in [5.74, 6) is 1.55. The summed E-state index contributed by atoms with van der Waals surface area (Å²) in [5, 5.41) is 12.5. The molecule has 0 saturated carbocycles. The highest BCUT2D eigenvalue weighted by Gasteiger charge is 2.24. The van der Waals surface area contributed by atoms with E-state index in [1.54, 1.807) is 0 Å². The summed E-state index contributed by atoms with van der Waals surface area (Å²) in [6, 6.07) is 3.69. The van der Waals surface area contributed by atoms with Crippen LogP contribution in [-0.2, 0) is 11.2 Å². The number of aromatic nitrogens is 3. The summed E-state index contributed by atoms with van der Waals surface area (Å²) < 4.78 is 0. The number of H-pyrrole nitrogens is 1. The Kier molecular flexibility index (Phi) is 6.67. The van der Waals surface area contributed by atoms with Gasteiger partial charge >= 0.3 is 0 Å². The molecule has 26 heavy (non-hydrogen) atoms. The highest BCUT2D eigenvalue weighted by molar-refractivity contribution is 7.99. The van der Waals surface area contributed by atoms with E-state index in [-0.39, 0.29) is 11.8 Å². The topological polar surface area (TPSA) is 91.0 Å². The number of rotatable bonds is 7. The van der Waals surface area contributed by atoms with Gasteiger partial charge in [0, 0.05) is 26.1 Å². The average Bonchev–Trinajstić information content (AvgIpc) is 3.36. The fourth-order valence-corrected chi connectivity index (χ4v) is 4.27. The molecule has 1 aliphatic heterocycles. The lowest BCUT2D eigenvalue weighted by molar-refractivity contribution is -0.130. The maximum atomic E-state index is 12.5. The molecule has 1 fully saturated rings. The predicted octanol–water partition coefficient (Wildman–Crippen LogP) is 2.19. The van der Waals surface area contributed by atoms with Crippen LogP contribution in [0.5, 0.6) is 0 Å². The molecule has 1 saturated heterocycles. The van der Waals surface area contributed by atoms with Crippen molar-refractivity contribution in [2.75, 3.05) is 25.4 Å². The molecule has 140 valence electrons. The summed E-state index contributed by atoms with van der Waals surface area (Å²) in [6.45, 7) is 4.08. The number of piperidine rings is 1. The third-order valence-electron chi connectivity index (χ3n) is 4.34. The monoisotopic (exact) mass is 393 g/mol. The van der Waals surface area contributed by atoms with Crippen molar-refractivity contribution in [3.8, 4) is 0 Å². The summed E-state index contributed by atoms with van der Waals surface area (Å²) in [6.07, 6.45) is 2.80. The van der Waals surface area contributed by atoms with Gasteiger partial charge in [0.25, 0.3) is 5.91 Å². The van der Waals surface area contributed by atoms with Crippen molar-refractivity contribution < 1.29 is 9.59 Å². The van der Waals surface area contributed by atoms with Gasteiger partial charge in [-0.15, -0.1) is 16.4 Å². The van der Waals surface area contributed by atoms with E-state index in [1.165, 1.54) is 23.1 Å². The first-order valence-corrected chi connectivity index (χ1v) is 10.7. The SMILES string of the molecule is CCc1nc(SCC(=O)N2CCC[C@@H](CNC(=O)c3cccs3)C2)n[nH]1. The maximum Gasteiger partial charge on any atom is 0.261 e. The van der Waals surface area contributed by atoms with Crippen LogP contribution < -0.4 is 5.32 Å². The van der Waals surface area contributed by atoms with E-state index in [2.05, 4.69) is 20.5 Å². The van der Waals surface area contributed by atoms with Crippen LogP contribution >= 0.6 is 23.1 Å². The number of thiophene rings is 1. The molecule has 2 aromatic heterocycles. The van der Waals surface area contributed by atoms with Crippen LogP contribution in [0.25, 0.3) is 0 Å². The molecule has 7 nitrogen and oxygen atoms in total. The molecule has 0 bridgehead atoms. The van der Waals surface area contributed by atoms with Crippen molar-refractivity contribution in [3.63, 3.8) is 0 Å². The molecule has 3 heterocycles. The quantitative estimate of drug-likeness (QED) is 0.704. The third kappa shape index (κ3) is 5.07. The van der Waals surface area contributed by atoms with Gasteiger partial charge in [0.15, 0.2) is 0 Å². The van der Waals surface area contributed by atoms with Gasteiger partial charge in [-0.25, -0.2) is 4.98 Å². The Morgan fingerprint density at radius 2 is 2.38 bits per heavy atom. The molecule has 2 amide bonds. The first-order valence-electron chi connectivity index (χ1n) is 8.79. The molecule has 0 unspecified atom stereocenters. The molecule has 0 spiro atoms. The molecule has 0 radical (unpaired) electrons. The highest BCUT2D eigenvalue weighted by Crippen LogP contribution is 2.19. The summed E-state index contributed by atoms with van der Waals surface area (Å²) in [5.41, 5.74) is 0. The number of amides is 2. The summed E-state index contributed by atoms with van der Waals surface area (Å²) >= 11 is 2.80. The minimum absolute atomic E-state index is 0.0321. The molecule has 1 atom stereocenters. The average molecular weight is 394 g/mol. The zero-order chi connectivity index (χ0) is 18.4. The van der Waals surface area contributed by atoms with Crippen molar-refractivity contribution in [2.45, 2.75) is 31.3 Å². The van der Waals surface area contributed by atoms with Gasteiger partial charge in [0.05, 0.1) is 10.6 Å². The summed E-state index contributed by atoms with van der Waals surface area (Å²) in [7, 11) is 0. The lowest BCUT2D eigenvalue weighted by atomic mass is 9.98. The zero-order valence-electron chi connectivity index (χ0n) is 14.7. The fourth-order valence-electron chi connectivity index (χ4n) is 2.91. The highest BCUT2D eigenvalue weighted by atomic mass is 32.2. The number of likely N-dealkylation sites (tertiary alicyclic amines) is 1. The molecular formula is C17H23N5O2S2. The Hall–Kier alpha value is -1.87. The van der Waals surface area contributed by atoms with Crippen LogP contribution in [0, 0.1) is 5.92 Å². The molecule has 2 aromatic rings. The second-order valence-electron chi connectivity index (χ2n) is 6.24. The fraction of sp³-hybridized carbons (Fsp3) is 0.529. The van der Waals surface area contributed by atoms with Gasteiger partial charge in [-0.3, -0.25) is 14.7 Å². The van der Waals surface area contributed by atoms with Crippen LogP contribution in [0.3, 0.4) is 0 Å². The minimum Gasteiger partial charge on any atom is -0.351 e. The first kappa shape index (κ1) is 18.9. The zero-order valence-corrected chi connectivity index (χ0v) is 16.4. The van der Waals surface area contributed by atoms with E-state index >= 15 is 0 Å². The summed E-state index contributed by atoms with van der Waals surface area (Å²) in [4.78, 5) is 31.5. The second-order valence-corrected chi connectivity index (χ2v) is 8.13. The Morgan fingerprint density at radius 1 is 1.50 bits per heavy atom. The van der Waals surface area contributed by atoms with Gasteiger partial charge < -0.3 is 10.2 Å². The number of hydrogen-bond donors (Lipinski definition) is 2. The number of thioether (sulfide) groups is 1. The van der Waals surface area contributed by atoms with Gasteiger partial charge in [-0.2, -0.15) is 0 Å². The number of nitrogens with one attached hydrogen (secondary N) is 2. The molecule has 3 rings (SSSR count). The van der Waals surface area contributed by atoms with Gasteiger partial charge in [0.1, 0.15) is 5.82 Å². The smallest absolute Gasteiger partial charge is 0.261 e. The van der Waals surface area contributed by atoms with Crippen molar-refractivity contribution in [2.24, 2.45) is 5.92 Å². The molecule has 2 N–H and O–H groups in total. The van der Waals surface area contributed by atoms with Crippen LogP contribution in [0.1, 0.15) is 35.3 Å². The second kappa shape index (κ2) is 9.18. The number of aryl methyl sites for hydroxylation is 1. The predicted molar refractivity (Wildman–Crippen MR) is 102 cm³/mol. The van der Waals surface area contributed by atoms with Gasteiger partial charge in [-0.1, -0.05) is 24.8 Å². The van der Waals surface area contributed by atoms with Crippen molar-refractivity contribution in [1.29, 1.82) is 0 Å². The number of nitrogens with zero attached hydrogens (tertiary/aromatic N) is 3. The number of aromatic amines is 1. The minimum atomic E-state index is -0.0321. The van der Waals surface area contributed by atoms with Crippen molar-refractivity contribution in [1.82, 2.24) is 25.4 Å². The standard InChI is InChI=1S/C17H23N5O2S2/c1-2-14-19-17(21-20-14)26-11-15(23)22-7-3-5-12(10-22)9-18-16(24)13-6-4-8-25-13/h4,6,8,12H,2-3,5,7,9-11H2,1H3,(H,18,24)(H,19,20,21)/t12-/m0/s1. The van der Waals surface area contributed by atoms with E-state index in [4.69, 9.17) is 0 Å². The van der Waals surface area contributed by atoms with E-state index < -0.39 is 0 Å². The van der Waals surface area contributed by atoms with Crippen LogP contribution in [0.15, 0.2) is 22.7 Å². The van der Waals surface area contributed by atoms with E-state index in [0.717, 1.165) is 36.5 Å². The van der Waals surface area contributed by atoms with E-state index in [9.17, 15) is 9.59 Å². The van der Waals surface area contributed by atoms with Gasteiger partial charge in [-0.05, 0) is 30.2 Å². The number of carbonyl (C=O) groups excluding carboxylic acids is 2. The lowest BCUT2D eigenvalue weighted by Gasteiger charge is -2.32. The Morgan fingerprint density at radius 3 is 3.12 bits per heavy atom. The molecule has 0 aromatic carbocycles. The van der Waals surface area contributed by atoms with Crippen molar-refractivity contribution in [3.05, 3.63) is 28.2 Å². The van der Waals surface area contributed by atoms with Crippen LogP contribution in [0.2, 0.25) is 0 Å². The van der Waals surface area contributed by atoms with E-state index in [1.807, 2.05) is 29.3 Å².